The van der Waals surface area contributed by atoms with E-state index in [9.17, 15) is 13.2 Å². The molecule has 2 aliphatic heterocycles. The summed E-state index contributed by atoms with van der Waals surface area (Å²) in [6, 6.07) is 3.71. The van der Waals surface area contributed by atoms with Crippen LogP contribution >= 0.6 is 0 Å². The minimum absolute atomic E-state index is 0.0970. The summed E-state index contributed by atoms with van der Waals surface area (Å²) >= 11 is 0. The Hall–Kier alpha value is -1.96. The molecule has 7 nitrogen and oxygen atoms in total. The highest BCUT2D eigenvalue weighted by Crippen LogP contribution is 2.33. The summed E-state index contributed by atoms with van der Waals surface area (Å²) in [5.41, 5.74) is 0.669. The van der Waals surface area contributed by atoms with E-state index in [1.807, 2.05) is 12.1 Å². The molecule has 4 rings (SSSR count). The number of pyridine rings is 1. The highest BCUT2D eigenvalue weighted by molar-refractivity contribution is 7.92. The van der Waals surface area contributed by atoms with Crippen LogP contribution in [0.4, 0.5) is 0 Å². The van der Waals surface area contributed by atoms with Crippen molar-refractivity contribution >= 4 is 26.8 Å². The Kier molecular flexibility index (Phi) is 2.97. The predicted molar refractivity (Wildman–Crippen MR) is 79.8 cm³/mol. The molecule has 2 aromatic rings. The number of hydrogen-bond acceptors (Lipinski definition) is 5. The topological polar surface area (TPSA) is 85.2 Å². The molecule has 116 valence electrons. The van der Waals surface area contributed by atoms with Gasteiger partial charge >= 0.3 is 0 Å². The maximum Gasteiger partial charge on any atom is 0.244 e. The summed E-state index contributed by atoms with van der Waals surface area (Å²) in [4.78, 5) is 18.3. The first-order valence-corrected chi connectivity index (χ1v) is 9.02. The number of nitrogens with zero attached hydrogens (tertiary/aromatic N) is 4. The van der Waals surface area contributed by atoms with Gasteiger partial charge in [-0.25, -0.2) is 18.1 Å². The molecule has 0 radical (unpaired) electrons. The third-order valence-electron chi connectivity index (χ3n) is 4.65. The van der Waals surface area contributed by atoms with Crippen LogP contribution in [0.5, 0.6) is 0 Å². The van der Waals surface area contributed by atoms with E-state index in [-0.39, 0.29) is 29.4 Å². The van der Waals surface area contributed by atoms with Crippen LogP contribution in [0.15, 0.2) is 24.5 Å². The average Bonchev–Trinajstić information content (AvgIpc) is 3.16. The van der Waals surface area contributed by atoms with E-state index in [1.54, 1.807) is 22.0 Å². The number of carbonyl (C=O) groups is 1. The normalized spacial score (nSPS) is 26.5. The monoisotopic (exact) mass is 320 g/mol. The fourth-order valence-electron chi connectivity index (χ4n) is 3.45. The smallest absolute Gasteiger partial charge is 0.244 e. The van der Waals surface area contributed by atoms with Crippen LogP contribution in [0, 0.1) is 5.92 Å². The van der Waals surface area contributed by atoms with Gasteiger partial charge in [-0.05, 0) is 24.5 Å². The molecular formula is C14H16N4O3S. The van der Waals surface area contributed by atoms with Gasteiger partial charge < -0.3 is 4.90 Å². The highest BCUT2D eigenvalue weighted by Gasteiger charge is 2.47. The van der Waals surface area contributed by atoms with Gasteiger partial charge in [0.05, 0.1) is 17.2 Å². The lowest BCUT2D eigenvalue weighted by Gasteiger charge is -2.17. The van der Waals surface area contributed by atoms with Crippen molar-refractivity contribution in [2.24, 2.45) is 5.92 Å². The van der Waals surface area contributed by atoms with Gasteiger partial charge in [-0.3, -0.25) is 4.79 Å². The highest BCUT2D eigenvalue weighted by atomic mass is 32.2. The van der Waals surface area contributed by atoms with E-state index in [1.165, 1.54) is 0 Å². The fourth-order valence-corrected chi connectivity index (χ4v) is 5.60. The molecule has 0 aliphatic carbocycles. The van der Waals surface area contributed by atoms with Gasteiger partial charge in [0.2, 0.25) is 5.91 Å². The summed E-state index contributed by atoms with van der Waals surface area (Å²) in [6.45, 7) is 0.952. The largest absolute Gasteiger partial charge is 0.339 e. The molecule has 22 heavy (non-hydrogen) atoms. The Morgan fingerprint density at radius 2 is 2.23 bits per heavy atom. The predicted octanol–water partition coefficient (Wildman–Crippen LogP) is 0.0768. The molecule has 0 spiro atoms. The zero-order chi connectivity index (χ0) is 15.3. The molecule has 2 fully saturated rings. The van der Waals surface area contributed by atoms with Gasteiger partial charge in [-0.15, -0.1) is 0 Å². The standard InChI is InChI=1S/C14H16N4O3S/c19-13(9-18-14-10(6-16-18)2-1-4-15-14)17-7-11-3-5-22(20,21)12(11)8-17/h1-2,4,6,11-12H,3,5,7-9H2/t11-,12+/m0/s1. The van der Waals surface area contributed by atoms with E-state index in [0.29, 0.717) is 25.2 Å². The van der Waals surface area contributed by atoms with Crippen molar-refractivity contribution in [2.45, 2.75) is 18.2 Å². The second-order valence-electron chi connectivity index (χ2n) is 5.97. The molecule has 4 heterocycles. The van der Waals surface area contributed by atoms with Gasteiger partial charge in [0.25, 0.3) is 0 Å². The molecule has 0 unspecified atom stereocenters. The molecule has 2 saturated heterocycles. The summed E-state index contributed by atoms with van der Waals surface area (Å²) in [6.07, 6.45) is 4.01. The third-order valence-corrected chi connectivity index (χ3v) is 6.91. The lowest BCUT2D eigenvalue weighted by atomic mass is 10.1. The number of rotatable bonds is 2. The van der Waals surface area contributed by atoms with E-state index >= 15 is 0 Å². The van der Waals surface area contributed by atoms with Crippen molar-refractivity contribution in [3.05, 3.63) is 24.5 Å². The maximum atomic E-state index is 12.4. The molecule has 0 bridgehead atoms. The van der Waals surface area contributed by atoms with Crippen molar-refractivity contribution in [2.75, 3.05) is 18.8 Å². The van der Waals surface area contributed by atoms with Gasteiger partial charge in [0.1, 0.15) is 6.54 Å². The van der Waals surface area contributed by atoms with Crippen molar-refractivity contribution < 1.29 is 13.2 Å². The first-order valence-electron chi connectivity index (χ1n) is 7.30. The van der Waals surface area contributed by atoms with E-state index in [2.05, 4.69) is 10.1 Å². The quantitative estimate of drug-likeness (QED) is 0.782. The first kappa shape index (κ1) is 13.7. The first-order chi connectivity index (χ1) is 10.5. The number of amides is 1. The summed E-state index contributed by atoms with van der Waals surface area (Å²) in [5.74, 6) is 0.264. The molecule has 2 aromatic heterocycles. The SMILES string of the molecule is O=C(Cn1ncc2cccnc21)N1C[C@@H]2CCS(=O)(=O)[C@@H]2C1. The van der Waals surface area contributed by atoms with Gasteiger partial charge in [-0.2, -0.15) is 5.10 Å². The van der Waals surface area contributed by atoms with Crippen LogP contribution < -0.4 is 0 Å². The Labute approximate surface area is 127 Å². The molecule has 2 aliphatic rings. The minimum atomic E-state index is -3.02. The van der Waals surface area contributed by atoms with Crippen LogP contribution in [-0.2, 0) is 21.2 Å². The van der Waals surface area contributed by atoms with Gasteiger partial charge in [0, 0.05) is 24.7 Å². The molecule has 0 aromatic carbocycles. The van der Waals surface area contributed by atoms with Crippen LogP contribution in [0.3, 0.4) is 0 Å². The zero-order valence-corrected chi connectivity index (χ0v) is 12.7. The Morgan fingerprint density at radius 1 is 1.36 bits per heavy atom. The van der Waals surface area contributed by atoms with Crippen LogP contribution in [-0.4, -0.2) is 58.1 Å². The van der Waals surface area contributed by atoms with E-state index in [4.69, 9.17) is 0 Å². The number of aromatic nitrogens is 3. The number of likely N-dealkylation sites (tertiary alicyclic amines) is 1. The molecule has 0 N–H and O–H groups in total. The molecule has 2 atom stereocenters. The fraction of sp³-hybridized carbons (Fsp3) is 0.500. The Balaban J connectivity index is 1.52. The second-order valence-corrected chi connectivity index (χ2v) is 8.31. The molecular weight excluding hydrogens is 304 g/mol. The minimum Gasteiger partial charge on any atom is -0.339 e. The number of fused-ring (bicyclic) bond motifs is 2. The number of carbonyl (C=O) groups excluding carboxylic acids is 1. The Bertz CT molecular complexity index is 845. The average molecular weight is 320 g/mol. The summed E-state index contributed by atoms with van der Waals surface area (Å²) < 4.78 is 25.4. The molecule has 8 heteroatoms. The zero-order valence-electron chi connectivity index (χ0n) is 11.9. The maximum absolute atomic E-state index is 12.4. The van der Waals surface area contributed by atoms with Crippen molar-refractivity contribution in [3.63, 3.8) is 0 Å². The van der Waals surface area contributed by atoms with Crippen LogP contribution in [0.25, 0.3) is 11.0 Å². The lowest BCUT2D eigenvalue weighted by molar-refractivity contribution is -0.131. The van der Waals surface area contributed by atoms with Crippen molar-refractivity contribution in [3.8, 4) is 0 Å². The lowest BCUT2D eigenvalue weighted by Crippen LogP contribution is -2.34. The molecule has 0 saturated carbocycles. The van der Waals surface area contributed by atoms with Crippen molar-refractivity contribution in [1.29, 1.82) is 0 Å². The summed E-state index contributed by atoms with van der Waals surface area (Å²) in [7, 11) is -3.02. The summed E-state index contributed by atoms with van der Waals surface area (Å²) in [5, 5.41) is 4.71. The Morgan fingerprint density at radius 3 is 3.05 bits per heavy atom. The van der Waals surface area contributed by atoms with Gasteiger partial charge in [-0.1, -0.05) is 0 Å². The number of hydrogen-bond donors (Lipinski definition) is 0. The molecule has 1 amide bonds. The third kappa shape index (κ3) is 2.09. The van der Waals surface area contributed by atoms with Crippen LogP contribution in [0.1, 0.15) is 6.42 Å². The van der Waals surface area contributed by atoms with E-state index in [0.717, 1.165) is 5.39 Å². The van der Waals surface area contributed by atoms with E-state index < -0.39 is 9.84 Å². The van der Waals surface area contributed by atoms with Crippen molar-refractivity contribution in [1.82, 2.24) is 19.7 Å². The number of sulfone groups is 1. The second kappa shape index (κ2) is 4.77. The van der Waals surface area contributed by atoms with Gasteiger partial charge in [0.15, 0.2) is 15.5 Å². The van der Waals surface area contributed by atoms with Crippen LogP contribution in [0.2, 0.25) is 0 Å².